The molecule has 4 nitrogen and oxygen atoms in total. The van der Waals surface area contributed by atoms with E-state index in [1.54, 1.807) is 11.3 Å². The number of aromatic nitrogens is 1. The number of amides is 1. The molecule has 1 aliphatic rings. The summed E-state index contributed by atoms with van der Waals surface area (Å²) in [5.74, 6) is 0.652. The number of carbonyl (C=O) groups excluding carboxylic acids is 1. The van der Waals surface area contributed by atoms with Crippen LogP contribution in [0.25, 0.3) is 0 Å². The zero-order valence-electron chi connectivity index (χ0n) is 14.4. The SMILES string of the molecule is O=C(Nc1nc2c(s1)CCCC2)c1ccccc1COc1ccccc1. The minimum absolute atomic E-state index is 0.136. The second-order valence-electron chi connectivity index (χ2n) is 6.31. The summed E-state index contributed by atoms with van der Waals surface area (Å²) in [5.41, 5.74) is 2.63. The van der Waals surface area contributed by atoms with Crippen LogP contribution in [0.1, 0.15) is 39.3 Å². The number of hydrogen-bond acceptors (Lipinski definition) is 4. The number of rotatable bonds is 5. The number of hydrogen-bond donors (Lipinski definition) is 1. The van der Waals surface area contributed by atoms with Gasteiger partial charge in [-0.15, -0.1) is 11.3 Å². The third kappa shape index (κ3) is 3.78. The van der Waals surface area contributed by atoms with Crippen LogP contribution in [-0.4, -0.2) is 10.9 Å². The summed E-state index contributed by atoms with van der Waals surface area (Å²) in [7, 11) is 0. The molecule has 3 aromatic rings. The van der Waals surface area contributed by atoms with Crippen LogP contribution in [0, 0.1) is 0 Å². The van der Waals surface area contributed by atoms with Crippen LogP contribution in [0.2, 0.25) is 0 Å². The van der Waals surface area contributed by atoms with E-state index in [1.807, 2.05) is 54.6 Å². The molecule has 0 saturated heterocycles. The van der Waals surface area contributed by atoms with Gasteiger partial charge in [0.1, 0.15) is 12.4 Å². The first-order chi connectivity index (χ1) is 12.8. The average molecular weight is 364 g/mol. The van der Waals surface area contributed by atoms with Crippen LogP contribution in [0.3, 0.4) is 0 Å². The number of anilines is 1. The van der Waals surface area contributed by atoms with E-state index in [0.717, 1.165) is 29.8 Å². The molecule has 1 aromatic heterocycles. The molecule has 0 spiro atoms. The van der Waals surface area contributed by atoms with E-state index >= 15 is 0 Å². The van der Waals surface area contributed by atoms with Gasteiger partial charge in [-0.25, -0.2) is 4.98 Å². The van der Waals surface area contributed by atoms with Crippen molar-refractivity contribution in [3.05, 3.63) is 76.3 Å². The molecule has 0 atom stereocenters. The number of aryl methyl sites for hydroxylation is 2. The molecule has 1 heterocycles. The first-order valence-corrected chi connectivity index (χ1v) is 9.67. The zero-order chi connectivity index (χ0) is 17.8. The highest BCUT2D eigenvalue weighted by Gasteiger charge is 2.18. The minimum Gasteiger partial charge on any atom is -0.489 e. The van der Waals surface area contributed by atoms with E-state index in [9.17, 15) is 4.79 Å². The van der Waals surface area contributed by atoms with Crippen molar-refractivity contribution in [1.29, 1.82) is 0 Å². The standard InChI is InChI=1S/C21H20N2O2S/c24-20(23-21-22-18-12-6-7-13-19(18)26-21)17-11-5-4-8-15(17)14-25-16-9-2-1-3-10-16/h1-5,8-11H,6-7,12-14H2,(H,22,23,24). The molecule has 0 fully saturated rings. The summed E-state index contributed by atoms with van der Waals surface area (Å²) < 4.78 is 5.81. The number of ether oxygens (including phenoxy) is 1. The van der Waals surface area contributed by atoms with Crippen LogP contribution < -0.4 is 10.1 Å². The minimum atomic E-state index is -0.136. The smallest absolute Gasteiger partial charge is 0.257 e. The van der Waals surface area contributed by atoms with Gasteiger partial charge in [-0.2, -0.15) is 0 Å². The molecule has 4 rings (SSSR count). The lowest BCUT2D eigenvalue weighted by Gasteiger charge is -2.10. The van der Waals surface area contributed by atoms with Crippen LogP contribution in [0.15, 0.2) is 54.6 Å². The van der Waals surface area contributed by atoms with Crippen molar-refractivity contribution in [1.82, 2.24) is 4.98 Å². The van der Waals surface area contributed by atoms with Crippen molar-refractivity contribution in [3.8, 4) is 5.75 Å². The fourth-order valence-corrected chi connectivity index (χ4v) is 4.16. The normalized spacial score (nSPS) is 13.1. The van der Waals surface area contributed by atoms with Gasteiger partial charge >= 0.3 is 0 Å². The molecule has 1 aliphatic carbocycles. The maximum Gasteiger partial charge on any atom is 0.257 e. The summed E-state index contributed by atoms with van der Waals surface area (Å²) >= 11 is 1.60. The summed E-state index contributed by atoms with van der Waals surface area (Å²) in [4.78, 5) is 18.7. The van der Waals surface area contributed by atoms with Crippen molar-refractivity contribution in [3.63, 3.8) is 0 Å². The zero-order valence-corrected chi connectivity index (χ0v) is 15.2. The highest BCUT2D eigenvalue weighted by Crippen LogP contribution is 2.30. The molecule has 0 saturated carbocycles. The first-order valence-electron chi connectivity index (χ1n) is 8.85. The average Bonchev–Trinajstić information content (AvgIpc) is 3.09. The molecular weight excluding hydrogens is 344 g/mol. The van der Waals surface area contributed by atoms with Crippen molar-refractivity contribution >= 4 is 22.4 Å². The number of nitrogens with one attached hydrogen (secondary N) is 1. The third-order valence-corrected chi connectivity index (χ3v) is 5.54. The molecule has 5 heteroatoms. The molecule has 0 radical (unpaired) electrons. The summed E-state index contributed by atoms with van der Waals surface area (Å²) in [6.07, 6.45) is 4.49. The van der Waals surface area contributed by atoms with Crippen LogP contribution >= 0.6 is 11.3 Å². The van der Waals surface area contributed by atoms with Gasteiger partial charge in [-0.1, -0.05) is 36.4 Å². The van der Waals surface area contributed by atoms with Crippen molar-refractivity contribution in [2.75, 3.05) is 5.32 Å². The van der Waals surface area contributed by atoms with Gasteiger partial charge in [0.15, 0.2) is 5.13 Å². The quantitative estimate of drug-likeness (QED) is 0.704. The van der Waals surface area contributed by atoms with E-state index in [2.05, 4.69) is 10.3 Å². The number of thiazole rings is 1. The van der Waals surface area contributed by atoms with Gasteiger partial charge in [0, 0.05) is 16.0 Å². The molecular formula is C21H20N2O2S. The Balaban J connectivity index is 1.48. The number of benzene rings is 2. The predicted octanol–water partition coefficient (Wildman–Crippen LogP) is 4.85. The predicted molar refractivity (Wildman–Crippen MR) is 104 cm³/mol. The van der Waals surface area contributed by atoms with Crippen molar-refractivity contribution < 1.29 is 9.53 Å². The Kier molecular flexibility index (Phi) is 4.97. The van der Waals surface area contributed by atoms with Gasteiger partial charge in [0.05, 0.1) is 5.69 Å². The lowest BCUT2D eigenvalue weighted by molar-refractivity contribution is 0.102. The number of fused-ring (bicyclic) bond motifs is 1. The Bertz CT molecular complexity index is 882. The highest BCUT2D eigenvalue weighted by molar-refractivity contribution is 7.15. The second kappa shape index (κ2) is 7.70. The molecule has 1 amide bonds. The highest BCUT2D eigenvalue weighted by atomic mass is 32.1. The van der Waals surface area contributed by atoms with Gasteiger partial charge < -0.3 is 4.74 Å². The number of carbonyl (C=O) groups is 1. The van der Waals surface area contributed by atoms with Crippen molar-refractivity contribution in [2.24, 2.45) is 0 Å². The molecule has 2 aromatic carbocycles. The van der Waals surface area contributed by atoms with E-state index in [4.69, 9.17) is 4.74 Å². The molecule has 1 N–H and O–H groups in total. The van der Waals surface area contributed by atoms with Crippen LogP contribution in [-0.2, 0) is 19.4 Å². The Morgan fingerprint density at radius 1 is 1.04 bits per heavy atom. The van der Waals surface area contributed by atoms with Gasteiger partial charge in [-0.3, -0.25) is 10.1 Å². The number of para-hydroxylation sites is 1. The van der Waals surface area contributed by atoms with Crippen molar-refractivity contribution in [2.45, 2.75) is 32.3 Å². The van der Waals surface area contributed by atoms with E-state index in [-0.39, 0.29) is 5.91 Å². The van der Waals surface area contributed by atoms with E-state index < -0.39 is 0 Å². The number of nitrogens with zero attached hydrogens (tertiary/aromatic N) is 1. The fourth-order valence-electron chi connectivity index (χ4n) is 3.12. The van der Waals surface area contributed by atoms with Gasteiger partial charge in [-0.05, 0) is 43.9 Å². The molecule has 26 heavy (non-hydrogen) atoms. The summed E-state index contributed by atoms with van der Waals surface area (Å²) in [6, 6.07) is 17.2. The Labute approximate surface area is 156 Å². The van der Waals surface area contributed by atoms with Crippen LogP contribution in [0.4, 0.5) is 5.13 Å². The van der Waals surface area contributed by atoms with E-state index in [0.29, 0.717) is 17.3 Å². The van der Waals surface area contributed by atoms with Gasteiger partial charge in [0.25, 0.3) is 5.91 Å². The molecule has 0 bridgehead atoms. The monoisotopic (exact) mass is 364 g/mol. The second-order valence-corrected chi connectivity index (χ2v) is 7.39. The molecule has 132 valence electrons. The van der Waals surface area contributed by atoms with E-state index in [1.165, 1.54) is 17.7 Å². The molecule has 0 unspecified atom stereocenters. The summed E-state index contributed by atoms with van der Waals surface area (Å²) in [6.45, 7) is 0.349. The fraction of sp³-hybridized carbons (Fsp3) is 0.238. The maximum absolute atomic E-state index is 12.8. The lowest BCUT2D eigenvalue weighted by Crippen LogP contribution is -2.15. The summed E-state index contributed by atoms with van der Waals surface area (Å²) in [5, 5.41) is 3.66. The third-order valence-electron chi connectivity index (χ3n) is 4.47. The first kappa shape index (κ1) is 16.8. The largest absolute Gasteiger partial charge is 0.489 e. The molecule has 0 aliphatic heterocycles. The lowest BCUT2D eigenvalue weighted by atomic mass is 10.0. The van der Waals surface area contributed by atoms with Crippen LogP contribution in [0.5, 0.6) is 5.75 Å². The Hall–Kier alpha value is -2.66. The van der Waals surface area contributed by atoms with Gasteiger partial charge in [0.2, 0.25) is 0 Å². The maximum atomic E-state index is 12.8. The Morgan fingerprint density at radius 2 is 1.81 bits per heavy atom. The topological polar surface area (TPSA) is 51.2 Å². The Morgan fingerprint density at radius 3 is 2.65 bits per heavy atom.